The molecule has 2 heterocycles. The lowest BCUT2D eigenvalue weighted by atomic mass is 10.1. The fourth-order valence-corrected chi connectivity index (χ4v) is 3.85. The van der Waals surface area contributed by atoms with Crippen LogP contribution in [0.25, 0.3) is 10.8 Å². The van der Waals surface area contributed by atoms with Crippen LogP contribution in [-0.2, 0) is 6.54 Å². The van der Waals surface area contributed by atoms with Crippen LogP contribution in [0.3, 0.4) is 0 Å². The van der Waals surface area contributed by atoms with Crippen molar-refractivity contribution in [1.29, 1.82) is 0 Å². The minimum Gasteiger partial charge on any atom is -0.367 e. The molecule has 2 aromatic carbocycles. The first-order chi connectivity index (χ1) is 14.6. The largest absolute Gasteiger partial charge is 0.367 e. The lowest BCUT2D eigenvalue weighted by molar-refractivity contribution is 0.102. The van der Waals surface area contributed by atoms with Crippen molar-refractivity contribution in [2.24, 2.45) is 0 Å². The Balaban J connectivity index is 1.69. The van der Waals surface area contributed by atoms with Crippen molar-refractivity contribution in [2.75, 3.05) is 43.4 Å². The van der Waals surface area contributed by atoms with Crippen LogP contribution in [0.1, 0.15) is 23.8 Å². The monoisotopic (exact) mass is 405 g/mol. The summed E-state index contributed by atoms with van der Waals surface area (Å²) in [4.78, 5) is 30.6. The molecule has 1 saturated heterocycles. The molecule has 0 bridgehead atoms. The summed E-state index contributed by atoms with van der Waals surface area (Å²) in [5.74, 6) is -0.308. The van der Waals surface area contributed by atoms with Crippen molar-refractivity contribution in [2.45, 2.75) is 19.9 Å². The molecular formula is C23H27N5O2. The number of amides is 1. The minimum atomic E-state index is -0.308. The second kappa shape index (κ2) is 8.67. The summed E-state index contributed by atoms with van der Waals surface area (Å²) in [6.07, 6.45) is 0.762. The molecule has 1 N–H and O–H groups in total. The van der Waals surface area contributed by atoms with Gasteiger partial charge in [0.25, 0.3) is 11.5 Å². The van der Waals surface area contributed by atoms with Crippen LogP contribution >= 0.6 is 0 Å². The van der Waals surface area contributed by atoms with Crippen molar-refractivity contribution in [3.63, 3.8) is 0 Å². The number of likely N-dealkylation sites (N-methyl/N-ethyl adjacent to an activating group) is 1. The first-order valence-electron chi connectivity index (χ1n) is 10.4. The fraction of sp³-hybridized carbons (Fsp3) is 0.348. The van der Waals surface area contributed by atoms with Gasteiger partial charge in [-0.05, 0) is 31.7 Å². The molecule has 0 unspecified atom stereocenters. The summed E-state index contributed by atoms with van der Waals surface area (Å²) in [5.41, 5.74) is 1.87. The molecule has 1 amide bonds. The number of nitrogens with one attached hydrogen (secondary N) is 1. The molecule has 7 heteroatoms. The molecule has 4 rings (SSSR count). The number of aryl methyl sites for hydroxylation is 1. The van der Waals surface area contributed by atoms with E-state index < -0.39 is 0 Å². The van der Waals surface area contributed by atoms with Crippen molar-refractivity contribution in [1.82, 2.24) is 14.7 Å². The number of hydrogen-bond acceptors (Lipinski definition) is 5. The highest BCUT2D eigenvalue weighted by molar-refractivity contribution is 6.12. The van der Waals surface area contributed by atoms with Gasteiger partial charge in [0.05, 0.1) is 16.8 Å². The third kappa shape index (κ3) is 3.93. The number of rotatable bonds is 5. The summed E-state index contributed by atoms with van der Waals surface area (Å²) in [5, 5.41) is 8.54. The summed E-state index contributed by atoms with van der Waals surface area (Å²) in [7, 11) is 2.12. The molecule has 3 aromatic rings. The second-order valence-corrected chi connectivity index (χ2v) is 7.68. The Hall–Kier alpha value is -3.19. The van der Waals surface area contributed by atoms with Crippen molar-refractivity contribution in [3.8, 4) is 0 Å². The predicted octanol–water partition coefficient (Wildman–Crippen LogP) is 2.81. The maximum absolute atomic E-state index is 13.3. The number of para-hydroxylation sites is 2. The lowest BCUT2D eigenvalue weighted by Crippen LogP contribution is -2.44. The van der Waals surface area contributed by atoms with E-state index in [4.69, 9.17) is 0 Å². The number of benzene rings is 2. The van der Waals surface area contributed by atoms with Crippen LogP contribution in [0.4, 0.5) is 11.4 Å². The fourth-order valence-electron chi connectivity index (χ4n) is 3.85. The third-order valence-electron chi connectivity index (χ3n) is 5.51. The van der Waals surface area contributed by atoms with Gasteiger partial charge in [-0.25, -0.2) is 4.68 Å². The van der Waals surface area contributed by atoms with E-state index in [0.29, 0.717) is 17.3 Å². The Bertz CT molecular complexity index is 1120. The standard InChI is InChI=1S/C23H27N5O2/c1-3-12-28-23(30)18-9-5-4-8-17(18)21(25-28)22(29)24-19-10-6-7-11-20(19)27-15-13-26(2)14-16-27/h4-11H,3,12-16H2,1-2H3,(H,24,29). The Morgan fingerprint density at radius 3 is 2.40 bits per heavy atom. The van der Waals surface area contributed by atoms with Gasteiger partial charge in [-0.3, -0.25) is 9.59 Å². The molecule has 0 atom stereocenters. The number of carbonyl (C=O) groups is 1. The van der Waals surface area contributed by atoms with E-state index in [0.717, 1.165) is 44.0 Å². The van der Waals surface area contributed by atoms with Crippen LogP contribution < -0.4 is 15.8 Å². The maximum atomic E-state index is 13.3. The number of aromatic nitrogens is 2. The molecule has 1 aliphatic heterocycles. The molecule has 7 nitrogen and oxygen atoms in total. The lowest BCUT2D eigenvalue weighted by Gasteiger charge is -2.35. The SMILES string of the molecule is CCCn1nc(C(=O)Nc2ccccc2N2CCN(C)CC2)c2ccccc2c1=O. The topological polar surface area (TPSA) is 70.5 Å². The molecule has 0 aliphatic carbocycles. The molecule has 0 spiro atoms. The van der Waals surface area contributed by atoms with Gasteiger partial charge < -0.3 is 15.1 Å². The zero-order valence-corrected chi connectivity index (χ0v) is 17.5. The van der Waals surface area contributed by atoms with Crippen LogP contribution in [0.15, 0.2) is 53.3 Å². The molecule has 1 aromatic heterocycles. The van der Waals surface area contributed by atoms with Gasteiger partial charge in [0, 0.05) is 38.1 Å². The van der Waals surface area contributed by atoms with Gasteiger partial charge in [0.15, 0.2) is 5.69 Å². The number of carbonyl (C=O) groups excluding carboxylic acids is 1. The van der Waals surface area contributed by atoms with Gasteiger partial charge in [0.2, 0.25) is 0 Å². The number of nitrogens with zero attached hydrogens (tertiary/aromatic N) is 4. The quantitative estimate of drug-likeness (QED) is 0.707. The first-order valence-corrected chi connectivity index (χ1v) is 10.4. The van der Waals surface area contributed by atoms with E-state index in [2.05, 4.69) is 27.3 Å². The van der Waals surface area contributed by atoms with E-state index in [1.165, 1.54) is 4.68 Å². The molecule has 1 fully saturated rings. The summed E-state index contributed by atoms with van der Waals surface area (Å²) in [6, 6.07) is 15.0. The Morgan fingerprint density at radius 1 is 1.00 bits per heavy atom. The Morgan fingerprint density at radius 2 is 1.67 bits per heavy atom. The molecule has 30 heavy (non-hydrogen) atoms. The average molecular weight is 406 g/mol. The van der Waals surface area contributed by atoms with Gasteiger partial charge >= 0.3 is 0 Å². The smallest absolute Gasteiger partial charge is 0.276 e. The van der Waals surface area contributed by atoms with Crippen LogP contribution in [0, 0.1) is 0 Å². The Kier molecular flexibility index (Phi) is 5.81. The third-order valence-corrected chi connectivity index (χ3v) is 5.51. The average Bonchev–Trinajstić information content (AvgIpc) is 2.77. The maximum Gasteiger partial charge on any atom is 0.276 e. The summed E-state index contributed by atoms with van der Waals surface area (Å²) >= 11 is 0. The van der Waals surface area contributed by atoms with E-state index >= 15 is 0 Å². The van der Waals surface area contributed by atoms with Crippen molar-refractivity contribution < 1.29 is 4.79 Å². The molecular weight excluding hydrogens is 378 g/mol. The first kappa shape index (κ1) is 20.1. The second-order valence-electron chi connectivity index (χ2n) is 7.68. The van der Waals surface area contributed by atoms with Gasteiger partial charge in [-0.1, -0.05) is 37.3 Å². The zero-order chi connectivity index (χ0) is 21.1. The van der Waals surface area contributed by atoms with Gasteiger partial charge in [0.1, 0.15) is 0 Å². The molecule has 0 radical (unpaired) electrons. The van der Waals surface area contributed by atoms with Crippen LogP contribution in [-0.4, -0.2) is 53.8 Å². The normalized spacial score (nSPS) is 14.8. The predicted molar refractivity (Wildman–Crippen MR) is 120 cm³/mol. The number of hydrogen-bond donors (Lipinski definition) is 1. The van der Waals surface area contributed by atoms with E-state index in [-0.39, 0.29) is 17.2 Å². The number of anilines is 2. The van der Waals surface area contributed by atoms with E-state index in [9.17, 15) is 9.59 Å². The molecule has 156 valence electrons. The molecule has 1 aliphatic rings. The highest BCUT2D eigenvalue weighted by Crippen LogP contribution is 2.27. The van der Waals surface area contributed by atoms with E-state index in [1.807, 2.05) is 43.3 Å². The van der Waals surface area contributed by atoms with Crippen LogP contribution in [0.5, 0.6) is 0 Å². The van der Waals surface area contributed by atoms with Crippen molar-refractivity contribution >= 4 is 28.1 Å². The highest BCUT2D eigenvalue weighted by atomic mass is 16.2. The van der Waals surface area contributed by atoms with Crippen molar-refractivity contribution in [3.05, 3.63) is 64.6 Å². The Labute approximate surface area is 175 Å². The summed E-state index contributed by atoms with van der Waals surface area (Å²) in [6.45, 7) is 6.24. The number of fused-ring (bicyclic) bond motifs is 1. The minimum absolute atomic E-state index is 0.165. The highest BCUT2D eigenvalue weighted by Gasteiger charge is 2.20. The van der Waals surface area contributed by atoms with Crippen LogP contribution in [0.2, 0.25) is 0 Å². The number of piperazine rings is 1. The van der Waals surface area contributed by atoms with Gasteiger partial charge in [-0.15, -0.1) is 0 Å². The van der Waals surface area contributed by atoms with Gasteiger partial charge in [-0.2, -0.15) is 5.10 Å². The molecule has 0 saturated carbocycles. The zero-order valence-electron chi connectivity index (χ0n) is 17.5. The van der Waals surface area contributed by atoms with E-state index in [1.54, 1.807) is 12.1 Å². The summed E-state index contributed by atoms with van der Waals surface area (Å²) < 4.78 is 1.39.